The third-order valence-electron chi connectivity index (χ3n) is 2.76. The third kappa shape index (κ3) is 3.49. The summed E-state index contributed by atoms with van der Waals surface area (Å²) >= 11 is 4.99. The second-order valence-electron chi connectivity index (χ2n) is 4.09. The van der Waals surface area contributed by atoms with Crippen LogP contribution < -0.4 is 10.5 Å². The molecule has 2 rings (SSSR count). The molecule has 0 aliphatic carbocycles. The predicted molar refractivity (Wildman–Crippen MR) is 82.7 cm³/mol. The van der Waals surface area contributed by atoms with Gasteiger partial charge in [-0.3, -0.25) is 0 Å². The summed E-state index contributed by atoms with van der Waals surface area (Å²) in [5, 5.41) is 11.8. The van der Waals surface area contributed by atoms with Crippen LogP contribution in [-0.2, 0) is 6.42 Å². The maximum Gasteiger partial charge on any atom is 0.173 e. The van der Waals surface area contributed by atoms with Gasteiger partial charge < -0.3 is 15.7 Å². The molecule has 1 heterocycles. The lowest BCUT2D eigenvalue weighted by atomic mass is 10.2. The first kappa shape index (κ1) is 14.8. The summed E-state index contributed by atoms with van der Waals surface area (Å²) in [6.07, 6.45) is 0.776. The number of aromatic nitrogens is 1. The van der Waals surface area contributed by atoms with Gasteiger partial charge in [-0.25, -0.2) is 4.98 Å². The minimum atomic E-state index is 0.0291. The van der Waals surface area contributed by atoms with Crippen LogP contribution in [0.2, 0.25) is 0 Å². The van der Waals surface area contributed by atoms with Crippen LogP contribution in [0.15, 0.2) is 33.3 Å². The summed E-state index contributed by atoms with van der Waals surface area (Å²) in [4.78, 5) is 5.40. The highest BCUT2D eigenvalue weighted by Gasteiger charge is 2.10. The molecule has 0 radical (unpaired) electrons. The molecule has 3 N–H and O–H groups in total. The molecule has 0 aliphatic rings. The van der Waals surface area contributed by atoms with Gasteiger partial charge in [-0.1, -0.05) is 21.1 Å². The third-order valence-corrected chi connectivity index (χ3v) is 4.25. The van der Waals surface area contributed by atoms with Crippen LogP contribution in [0.3, 0.4) is 0 Å². The minimum Gasteiger partial charge on any atom is -0.492 e. The van der Waals surface area contributed by atoms with Crippen molar-refractivity contribution in [1.82, 2.24) is 4.98 Å². The van der Waals surface area contributed by atoms with Crippen molar-refractivity contribution in [1.29, 1.82) is 0 Å². The number of thiazole rings is 1. The largest absolute Gasteiger partial charge is 0.492 e. The molecule has 20 heavy (non-hydrogen) atoms. The van der Waals surface area contributed by atoms with E-state index in [0.717, 1.165) is 16.6 Å². The lowest BCUT2D eigenvalue weighted by Gasteiger charge is -2.11. The van der Waals surface area contributed by atoms with E-state index in [0.29, 0.717) is 17.9 Å². The van der Waals surface area contributed by atoms with E-state index in [1.54, 1.807) is 23.5 Å². The number of halogens is 1. The van der Waals surface area contributed by atoms with Crippen LogP contribution in [0.1, 0.15) is 16.1 Å². The van der Waals surface area contributed by atoms with E-state index in [2.05, 4.69) is 26.1 Å². The quantitative estimate of drug-likeness (QED) is 0.374. The van der Waals surface area contributed by atoms with Crippen LogP contribution >= 0.6 is 27.3 Å². The molecule has 1 aromatic heterocycles. The Labute approximate surface area is 129 Å². The van der Waals surface area contributed by atoms with Crippen LogP contribution in [0.5, 0.6) is 5.75 Å². The molecule has 0 saturated heterocycles. The van der Waals surface area contributed by atoms with Crippen molar-refractivity contribution in [2.75, 3.05) is 6.61 Å². The number of hydrogen-bond acceptors (Lipinski definition) is 5. The fourth-order valence-electron chi connectivity index (χ4n) is 1.70. The smallest absolute Gasteiger partial charge is 0.173 e. The maximum atomic E-state index is 8.78. The molecule has 0 aliphatic heterocycles. The fourth-order valence-corrected chi connectivity index (χ4v) is 2.80. The van der Waals surface area contributed by atoms with Gasteiger partial charge in [-0.05, 0) is 25.1 Å². The Morgan fingerprint density at radius 2 is 2.35 bits per heavy atom. The van der Waals surface area contributed by atoms with Crippen molar-refractivity contribution in [2.45, 2.75) is 13.3 Å². The number of ether oxygens (including phenoxy) is 1. The van der Waals surface area contributed by atoms with E-state index >= 15 is 0 Å². The summed E-state index contributed by atoms with van der Waals surface area (Å²) in [6.45, 7) is 2.48. The topological polar surface area (TPSA) is 80.7 Å². The fraction of sp³-hybridized carbons (Fsp3) is 0.231. The molecule has 0 atom stereocenters. The van der Waals surface area contributed by atoms with E-state index in [-0.39, 0.29) is 5.84 Å². The molecule has 106 valence electrons. The number of hydrogen-bond donors (Lipinski definition) is 2. The van der Waals surface area contributed by atoms with Gasteiger partial charge in [0.1, 0.15) is 5.75 Å². The Balaban J connectivity index is 2.09. The summed E-state index contributed by atoms with van der Waals surface area (Å²) < 4.78 is 6.62. The average Bonchev–Trinajstić information content (AvgIpc) is 2.84. The number of benzene rings is 1. The lowest BCUT2D eigenvalue weighted by Crippen LogP contribution is -2.15. The lowest BCUT2D eigenvalue weighted by molar-refractivity contribution is 0.314. The van der Waals surface area contributed by atoms with E-state index in [9.17, 15) is 0 Å². The Hall–Kier alpha value is -1.60. The second kappa shape index (κ2) is 6.71. The van der Waals surface area contributed by atoms with Gasteiger partial charge in [0.2, 0.25) is 0 Å². The van der Waals surface area contributed by atoms with Crippen LogP contribution in [-0.4, -0.2) is 22.6 Å². The van der Waals surface area contributed by atoms with Gasteiger partial charge in [0.05, 0.1) is 23.4 Å². The monoisotopic (exact) mass is 355 g/mol. The van der Waals surface area contributed by atoms with Crippen molar-refractivity contribution in [3.63, 3.8) is 0 Å². The minimum absolute atomic E-state index is 0.0291. The van der Waals surface area contributed by atoms with Crippen molar-refractivity contribution >= 4 is 33.1 Å². The van der Waals surface area contributed by atoms with Gasteiger partial charge in [-0.2, -0.15) is 0 Å². The highest BCUT2D eigenvalue weighted by molar-refractivity contribution is 9.10. The maximum absolute atomic E-state index is 8.78. The van der Waals surface area contributed by atoms with Crippen molar-refractivity contribution in [2.24, 2.45) is 10.9 Å². The zero-order valence-electron chi connectivity index (χ0n) is 10.8. The number of oxime groups is 1. The number of nitrogens with zero attached hydrogens (tertiary/aromatic N) is 2. The van der Waals surface area contributed by atoms with Gasteiger partial charge in [0.25, 0.3) is 0 Å². The molecular formula is C13H14BrN3O2S. The van der Waals surface area contributed by atoms with Gasteiger partial charge >= 0.3 is 0 Å². The van der Waals surface area contributed by atoms with Crippen molar-refractivity contribution < 1.29 is 9.94 Å². The van der Waals surface area contributed by atoms with Crippen molar-refractivity contribution in [3.05, 3.63) is 44.3 Å². The Morgan fingerprint density at radius 1 is 1.55 bits per heavy atom. The number of rotatable bonds is 5. The number of aryl methyl sites for hydroxylation is 1. The molecule has 0 unspecified atom stereocenters. The van der Waals surface area contributed by atoms with Gasteiger partial charge in [0.15, 0.2) is 5.84 Å². The normalized spacial score (nSPS) is 11.6. The van der Waals surface area contributed by atoms with E-state index < -0.39 is 0 Å². The standard InChI is InChI=1S/C13H14BrN3O2S/c1-8-12(20-7-16-8)4-5-19-11-6-9(14)2-3-10(11)13(15)17-18/h2-3,6-7,18H,4-5H2,1H3,(H2,15,17). The van der Waals surface area contributed by atoms with E-state index in [1.807, 2.05) is 18.5 Å². The molecule has 0 fully saturated rings. The highest BCUT2D eigenvalue weighted by atomic mass is 79.9. The molecule has 0 amide bonds. The van der Waals surface area contributed by atoms with E-state index in [1.165, 1.54) is 4.88 Å². The van der Waals surface area contributed by atoms with Gasteiger partial charge in [0, 0.05) is 15.8 Å². The molecule has 1 aromatic carbocycles. The van der Waals surface area contributed by atoms with Gasteiger partial charge in [-0.15, -0.1) is 11.3 Å². The molecule has 2 aromatic rings. The van der Waals surface area contributed by atoms with Crippen LogP contribution in [0.25, 0.3) is 0 Å². The van der Waals surface area contributed by atoms with E-state index in [4.69, 9.17) is 15.7 Å². The zero-order chi connectivity index (χ0) is 14.5. The molecule has 7 heteroatoms. The highest BCUT2D eigenvalue weighted by Crippen LogP contribution is 2.24. The predicted octanol–water partition coefficient (Wildman–Crippen LogP) is 2.93. The molecule has 0 bridgehead atoms. The average molecular weight is 356 g/mol. The van der Waals surface area contributed by atoms with Crippen molar-refractivity contribution in [3.8, 4) is 5.75 Å². The molecule has 5 nitrogen and oxygen atoms in total. The Morgan fingerprint density at radius 3 is 3.00 bits per heavy atom. The summed E-state index contributed by atoms with van der Waals surface area (Å²) in [5.41, 5.74) is 9.06. The molecule has 0 saturated carbocycles. The van der Waals surface area contributed by atoms with Crippen LogP contribution in [0.4, 0.5) is 0 Å². The summed E-state index contributed by atoms with van der Waals surface area (Å²) in [6, 6.07) is 5.35. The van der Waals surface area contributed by atoms with Crippen LogP contribution in [0, 0.1) is 6.92 Å². The number of nitrogens with two attached hydrogens (primary N) is 1. The number of amidine groups is 1. The zero-order valence-corrected chi connectivity index (χ0v) is 13.2. The molecule has 0 spiro atoms. The molecular weight excluding hydrogens is 342 g/mol. The Kier molecular flexibility index (Phi) is 4.97. The SMILES string of the molecule is Cc1ncsc1CCOc1cc(Br)ccc1/C(N)=N/O. The first-order valence-corrected chi connectivity index (χ1v) is 7.58. The first-order valence-electron chi connectivity index (χ1n) is 5.91. The summed E-state index contributed by atoms with van der Waals surface area (Å²) in [5.74, 6) is 0.610. The summed E-state index contributed by atoms with van der Waals surface area (Å²) in [7, 11) is 0. The first-order chi connectivity index (χ1) is 9.61. The second-order valence-corrected chi connectivity index (χ2v) is 5.94. The Bertz CT molecular complexity index is 628.